The van der Waals surface area contributed by atoms with E-state index in [1.807, 2.05) is 30.3 Å². The van der Waals surface area contributed by atoms with Gasteiger partial charge in [-0.25, -0.2) is 15.0 Å². The Balaban J connectivity index is 1.20. The molecule has 0 bridgehead atoms. The molecule has 0 saturated carbocycles. The first kappa shape index (κ1) is 27.0. The molecule has 0 atom stereocenters. The molecule has 0 aliphatic rings. The van der Waals surface area contributed by atoms with Gasteiger partial charge in [0, 0.05) is 22.3 Å². The van der Waals surface area contributed by atoms with Crippen LogP contribution in [0.15, 0.2) is 170 Å². The van der Waals surface area contributed by atoms with Crippen molar-refractivity contribution in [1.29, 1.82) is 0 Å². The molecule has 0 radical (unpaired) electrons. The minimum atomic E-state index is 0.699. The molecule has 4 heteroatoms. The van der Waals surface area contributed by atoms with Gasteiger partial charge in [0.1, 0.15) is 5.65 Å². The van der Waals surface area contributed by atoms with Crippen molar-refractivity contribution in [2.24, 2.45) is 0 Å². The van der Waals surface area contributed by atoms with Crippen molar-refractivity contribution < 1.29 is 0 Å². The highest BCUT2D eigenvalue weighted by Gasteiger charge is 2.16. The molecule has 4 nitrogen and oxygen atoms in total. The van der Waals surface area contributed by atoms with E-state index in [1.165, 1.54) is 5.39 Å². The Labute approximate surface area is 272 Å². The maximum Gasteiger partial charge on any atom is 0.160 e. The van der Waals surface area contributed by atoms with E-state index in [1.54, 1.807) is 0 Å². The summed E-state index contributed by atoms with van der Waals surface area (Å²) in [5.74, 6) is 0.699. The summed E-state index contributed by atoms with van der Waals surface area (Å²) < 4.78 is 2.28. The van der Waals surface area contributed by atoms with E-state index >= 15 is 0 Å². The van der Waals surface area contributed by atoms with Gasteiger partial charge in [-0.3, -0.25) is 4.40 Å². The van der Waals surface area contributed by atoms with E-state index in [2.05, 4.69) is 144 Å². The highest BCUT2D eigenvalue weighted by Crippen LogP contribution is 2.36. The number of para-hydroxylation sites is 3. The van der Waals surface area contributed by atoms with Crippen molar-refractivity contribution in [1.82, 2.24) is 19.4 Å². The summed E-state index contributed by atoms with van der Waals surface area (Å²) in [5.41, 5.74) is 13.5. The fourth-order valence-corrected chi connectivity index (χ4v) is 6.54. The largest absolute Gasteiger partial charge is 0.292 e. The van der Waals surface area contributed by atoms with Gasteiger partial charge in [-0.05, 0) is 52.4 Å². The fraction of sp³-hybridized carbons (Fsp3) is 0. The third-order valence-corrected chi connectivity index (χ3v) is 8.82. The van der Waals surface area contributed by atoms with Gasteiger partial charge in [-0.15, -0.1) is 0 Å². The fourth-order valence-electron chi connectivity index (χ4n) is 6.54. The molecular weight excluding hydrogens is 573 g/mol. The number of hydrogen-bond acceptors (Lipinski definition) is 3. The minimum Gasteiger partial charge on any atom is -0.292 e. The Hall–Kier alpha value is -6.39. The van der Waals surface area contributed by atoms with Crippen LogP contribution >= 0.6 is 0 Å². The Morgan fingerprint density at radius 2 is 0.936 bits per heavy atom. The lowest BCUT2D eigenvalue weighted by Crippen LogP contribution is -1.97. The van der Waals surface area contributed by atoms with Gasteiger partial charge in [-0.1, -0.05) is 140 Å². The summed E-state index contributed by atoms with van der Waals surface area (Å²) in [7, 11) is 0. The Kier molecular flexibility index (Phi) is 6.43. The predicted octanol–water partition coefficient (Wildman–Crippen LogP) is 10.8. The van der Waals surface area contributed by atoms with Crippen LogP contribution in [0.4, 0.5) is 0 Å². The normalized spacial score (nSPS) is 11.4. The van der Waals surface area contributed by atoms with Crippen molar-refractivity contribution in [2.75, 3.05) is 0 Å². The quantitative estimate of drug-likeness (QED) is 0.197. The third-order valence-electron chi connectivity index (χ3n) is 8.82. The van der Waals surface area contributed by atoms with E-state index in [0.717, 1.165) is 72.5 Å². The van der Waals surface area contributed by atoms with Crippen LogP contribution in [0.1, 0.15) is 0 Å². The molecule has 47 heavy (non-hydrogen) atoms. The molecule has 0 aliphatic carbocycles. The Bertz CT molecular complexity index is 2550. The first-order valence-electron chi connectivity index (χ1n) is 15.8. The van der Waals surface area contributed by atoms with Crippen molar-refractivity contribution in [3.05, 3.63) is 170 Å². The molecule has 6 aromatic carbocycles. The Morgan fingerprint density at radius 1 is 0.362 bits per heavy atom. The standard InChI is InChI=1S/C43H28N4/c1-3-13-29(14-4-1)34-18-8-9-19-35(34)39-28-38(44-42(45-39)32-15-5-2-6-16-32)31-25-23-30(24-26-31)36-27-33-17-7-11-21-40(33)47-41-22-12-10-20-37(41)46-43(36)47/h1-28H. The van der Waals surface area contributed by atoms with E-state index in [9.17, 15) is 0 Å². The highest BCUT2D eigenvalue weighted by atomic mass is 15.0. The molecule has 0 N–H and O–H groups in total. The number of aromatic nitrogens is 4. The number of rotatable bonds is 5. The Morgan fingerprint density at radius 3 is 1.72 bits per heavy atom. The molecule has 0 unspecified atom stereocenters. The average Bonchev–Trinajstić information content (AvgIpc) is 3.55. The number of fused-ring (bicyclic) bond motifs is 5. The summed E-state index contributed by atoms with van der Waals surface area (Å²) in [5, 5.41) is 1.17. The zero-order valence-corrected chi connectivity index (χ0v) is 25.5. The summed E-state index contributed by atoms with van der Waals surface area (Å²) in [4.78, 5) is 15.3. The molecule has 9 rings (SSSR count). The zero-order valence-electron chi connectivity index (χ0n) is 25.5. The minimum absolute atomic E-state index is 0.699. The second kappa shape index (κ2) is 11.2. The van der Waals surface area contributed by atoms with Gasteiger partial charge in [0.15, 0.2) is 5.82 Å². The van der Waals surface area contributed by atoms with Crippen LogP contribution in [0.5, 0.6) is 0 Å². The summed E-state index contributed by atoms with van der Waals surface area (Å²) in [6.45, 7) is 0. The topological polar surface area (TPSA) is 43.1 Å². The summed E-state index contributed by atoms with van der Waals surface area (Å²) in [6, 6.07) is 59.0. The van der Waals surface area contributed by atoms with Crippen LogP contribution in [0.3, 0.4) is 0 Å². The van der Waals surface area contributed by atoms with Crippen LogP contribution < -0.4 is 0 Å². The molecule has 3 aromatic heterocycles. The van der Waals surface area contributed by atoms with Gasteiger partial charge in [0.05, 0.1) is 27.9 Å². The smallest absolute Gasteiger partial charge is 0.160 e. The van der Waals surface area contributed by atoms with Crippen LogP contribution in [-0.4, -0.2) is 19.4 Å². The second-order valence-electron chi connectivity index (χ2n) is 11.7. The number of nitrogens with zero attached hydrogens (tertiary/aromatic N) is 4. The van der Waals surface area contributed by atoms with E-state index in [-0.39, 0.29) is 0 Å². The van der Waals surface area contributed by atoms with Crippen LogP contribution in [0, 0.1) is 0 Å². The van der Waals surface area contributed by atoms with Gasteiger partial charge in [0.2, 0.25) is 0 Å². The maximum atomic E-state index is 5.11. The van der Waals surface area contributed by atoms with Gasteiger partial charge < -0.3 is 0 Å². The molecule has 0 aliphatic heterocycles. The van der Waals surface area contributed by atoms with E-state index in [4.69, 9.17) is 15.0 Å². The zero-order chi connectivity index (χ0) is 31.2. The SMILES string of the molecule is c1ccc(-c2nc(-c3ccc(-c4cc5ccccc5n5c4nc4ccccc45)cc3)cc(-c3ccccc3-c3ccccc3)n2)cc1. The monoisotopic (exact) mass is 600 g/mol. The van der Waals surface area contributed by atoms with Crippen LogP contribution in [0.2, 0.25) is 0 Å². The predicted molar refractivity (Wildman–Crippen MR) is 193 cm³/mol. The first-order chi connectivity index (χ1) is 23.3. The van der Waals surface area contributed by atoms with Gasteiger partial charge >= 0.3 is 0 Å². The number of pyridine rings is 1. The van der Waals surface area contributed by atoms with Crippen molar-refractivity contribution in [2.45, 2.75) is 0 Å². The van der Waals surface area contributed by atoms with Gasteiger partial charge in [-0.2, -0.15) is 0 Å². The number of imidazole rings is 1. The third kappa shape index (κ3) is 4.75. The maximum absolute atomic E-state index is 5.11. The molecule has 0 amide bonds. The molecule has 0 spiro atoms. The lowest BCUT2D eigenvalue weighted by Gasteiger charge is -2.13. The molecule has 220 valence electrons. The lowest BCUT2D eigenvalue weighted by molar-refractivity contribution is 1.18. The average molecular weight is 601 g/mol. The van der Waals surface area contributed by atoms with Crippen molar-refractivity contribution in [3.8, 4) is 56.2 Å². The van der Waals surface area contributed by atoms with Gasteiger partial charge in [0.25, 0.3) is 0 Å². The van der Waals surface area contributed by atoms with E-state index in [0.29, 0.717) is 5.82 Å². The number of hydrogen-bond donors (Lipinski definition) is 0. The lowest BCUT2D eigenvalue weighted by atomic mass is 9.96. The van der Waals surface area contributed by atoms with Crippen molar-refractivity contribution >= 4 is 27.6 Å². The molecule has 3 heterocycles. The molecular formula is C43H28N4. The van der Waals surface area contributed by atoms with E-state index < -0.39 is 0 Å². The highest BCUT2D eigenvalue weighted by molar-refractivity contribution is 5.98. The molecule has 0 saturated heterocycles. The summed E-state index contributed by atoms with van der Waals surface area (Å²) >= 11 is 0. The second-order valence-corrected chi connectivity index (χ2v) is 11.7. The van der Waals surface area contributed by atoms with Crippen molar-refractivity contribution in [3.63, 3.8) is 0 Å². The molecule has 0 fully saturated rings. The first-order valence-corrected chi connectivity index (χ1v) is 15.8. The molecule has 9 aromatic rings. The van der Waals surface area contributed by atoms with Crippen LogP contribution in [0.25, 0.3) is 83.7 Å². The summed E-state index contributed by atoms with van der Waals surface area (Å²) in [6.07, 6.45) is 0. The van der Waals surface area contributed by atoms with Crippen LogP contribution in [-0.2, 0) is 0 Å². The number of benzene rings is 6.